The smallest absolute Gasteiger partial charge is 0.472 e. The molecule has 0 amide bonds. The van der Waals surface area contributed by atoms with Crippen LogP contribution in [-0.4, -0.2) is 43.3 Å². The average Bonchev–Trinajstić information content (AvgIpc) is 3.07. The number of phosphoric acid groups is 1. The Morgan fingerprint density at radius 3 is 1.77 bits per heavy atom. The van der Waals surface area contributed by atoms with Crippen LogP contribution in [0.3, 0.4) is 0 Å². The predicted molar refractivity (Wildman–Crippen MR) is 201 cm³/mol. The highest BCUT2D eigenvalue weighted by molar-refractivity contribution is 7.47. The van der Waals surface area contributed by atoms with Crippen LogP contribution >= 0.6 is 7.82 Å². The SMILES string of the molecule is CC/C=C/C=C/C=C/C=C/CCCCCCCC(=O)O[C@H](CO/C=C/CCCCCCCCCCCCCC)COP(=O)(O)OCCN. The molecule has 0 aliphatic heterocycles. The maximum Gasteiger partial charge on any atom is 0.472 e. The number of hydrogen-bond acceptors (Lipinski definition) is 7. The summed E-state index contributed by atoms with van der Waals surface area (Å²) in [6, 6.07) is 0. The van der Waals surface area contributed by atoms with Crippen molar-refractivity contribution in [3.8, 4) is 0 Å². The van der Waals surface area contributed by atoms with Crippen LogP contribution in [0.5, 0.6) is 0 Å². The van der Waals surface area contributed by atoms with Crippen LogP contribution in [0.2, 0.25) is 0 Å². The molecule has 48 heavy (non-hydrogen) atoms. The normalized spacial score (nSPS) is 14.2. The van der Waals surface area contributed by atoms with Crippen LogP contribution in [0.15, 0.2) is 60.9 Å². The molecule has 1 unspecified atom stereocenters. The number of phosphoric ester groups is 1. The minimum atomic E-state index is -4.29. The Morgan fingerprint density at radius 1 is 0.667 bits per heavy atom. The molecule has 0 aliphatic rings. The van der Waals surface area contributed by atoms with Crippen molar-refractivity contribution in [2.24, 2.45) is 5.73 Å². The van der Waals surface area contributed by atoms with E-state index in [9.17, 15) is 14.3 Å². The van der Waals surface area contributed by atoms with E-state index in [1.165, 1.54) is 70.6 Å². The Kier molecular flexibility index (Phi) is 34.8. The van der Waals surface area contributed by atoms with Gasteiger partial charge in [0.25, 0.3) is 0 Å². The zero-order valence-electron chi connectivity index (χ0n) is 30.4. The van der Waals surface area contributed by atoms with Gasteiger partial charge in [-0.3, -0.25) is 13.8 Å². The van der Waals surface area contributed by atoms with Gasteiger partial charge in [0.2, 0.25) is 0 Å². The molecule has 0 aromatic carbocycles. The monoisotopic (exact) mass is 695 g/mol. The Morgan fingerprint density at radius 2 is 1.19 bits per heavy atom. The first kappa shape index (κ1) is 46.0. The molecule has 9 heteroatoms. The fourth-order valence-electron chi connectivity index (χ4n) is 4.85. The molecule has 0 saturated heterocycles. The van der Waals surface area contributed by atoms with Crippen LogP contribution in [0.4, 0.5) is 0 Å². The van der Waals surface area contributed by atoms with Gasteiger partial charge in [-0.2, -0.15) is 0 Å². The van der Waals surface area contributed by atoms with Crippen molar-refractivity contribution in [2.75, 3.05) is 26.4 Å². The summed E-state index contributed by atoms with van der Waals surface area (Å²) in [5.41, 5.74) is 5.34. The molecule has 0 aliphatic carbocycles. The van der Waals surface area contributed by atoms with E-state index >= 15 is 0 Å². The van der Waals surface area contributed by atoms with Gasteiger partial charge in [0.05, 0.1) is 19.5 Å². The highest BCUT2D eigenvalue weighted by Crippen LogP contribution is 2.43. The number of unbranched alkanes of at least 4 members (excludes halogenated alkanes) is 17. The van der Waals surface area contributed by atoms with Gasteiger partial charge in [-0.15, -0.1) is 0 Å². The van der Waals surface area contributed by atoms with Gasteiger partial charge in [-0.25, -0.2) is 4.57 Å². The van der Waals surface area contributed by atoms with Gasteiger partial charge < -0.3 is 20.1 Å². The molecule has 0 spiro atoms. The first-order chi connectivity index (χ1) is 23.4. The minimum absolute atomic E-state index is 0.0203. The molecule has 0 heterocycles. The molecule has 0 radical (unpaired) electrons. The lowest BCUT2D eigenvalue weighted by Gasteiger charge is -2.19. The van der Waals surface area contributed by atoms with Crippen molar-refractivity contribution in [1.82, 2.24) is 0 Å². The van der Waals surface area contributed by atoms with E-state index in [0.717, 1.165) is 57.8 Å². The van der Waals surface area contributed by atoms with E-state index in [2.05, 4.69) is 32.1 Å². The van der Waals surface area contributed by atoms with Crippen molar-refractivity contribution in [2.45, 2.75) is 155 Å². The topological polar surface area (TPSA) is 117 Å². The lowest BCUT2D eigenvalue weighted by Crippen LogP contribution is -2.27. The van der Waals surface area contributed by atoms with Gasteiger partial charge in [0.15, 0.2) is 6.10 Å². The third-order valence-electron chi connectivity index (χ3n) is 7.61. The number of carbonyl (C=O) groups is 1. The van der Waals surface area contributed by atoms with Gasteiger partial charge in [0, 0.05) is 13.0 Å². The summed E-state index contributed by atoms with van der Waals surface area (Å²) in [4.78, 5) is 22.3. The number of carbonyl (C=O) groups excluding carboxylic acids is 1. The largest absolute Gasteiger partial charge is 0.498 e. The molecule has 0 aromatic heterocycles. The van der Waals surface area contributed by atoms with Crippen LogP contribution < -0.4 is 5.73 Å². The molecular formula is C39H70NO7P. The number of nitrogens with two attached hydrogens (primary N) is 1. The quantitative estimate of drug-likeness (QED) is 0.0221. The van der Waals surface area contributed by atoms with E-state index in [4.69, 9.17) is 24.3 Å². The second-order valence-electron chi connectivity index (χ2n) is 12.2. The van der Waals surface area contributed by atoms with Gasteiger partial charge >= 0.3 is 13.8 Å². The fraction of sp³-hybridized carbons (Fsp3) is 0.718. The first-order valence-corrected chi connectivity index (χ1v) is 20.4. The molecule has 3 N–H and O–H groups in total. The lowest BCUT2D eigenvalue weighted by atomic mass is 10.0. The summed E-state index contributed by atoms with van der Waals surface area (Å²) in [5.74, 6) is -0.378. The van der Waals surface area contributed by atoms with Crippen LogP contribution in [0.1, 0.15) is 149 Å². The number of ether oxygens (including phenoxy) is 2. The number of hydrogen-bond donors (Lipinski definition) is 2. The first-order valence-electron chi connectivity index (χ1n) is 18.9. The van der Waals surface area contributed by atoms with E-state index in [1.807, 2.05) is 36.5 Å². The van der Waals surface area contributed by atoms with Crippen molar-refractivity contribution in [1.29, 1.82) is 0 Å². The standard InChI is InChI=1S/C39H70NO7P/c1-3-5-7-9-11-13-15-17-19-20-22-24-26-28-30-32-39(41)47-38(37-46-48(42,43)45-35-33-40)36-44-34-31-29-27-25-23-21-18-16-14-12-10-8-6-4-2/h5,7,9,11,13,15,17,19,31,34,38H,3-4,6,8,10,12,14,16,18,20-30,32-33,35-37,40H2,1-2H3,(H,42,43)/b7-5+,11-9+,15-13+,19-17+,34-31+/t38-/m1/s1. The van der Waals surface area contributed by atoms with Crippen LogP contribution in [-0.2, 0) is 27.9 Å². The predicted octanol–water partition coefficient (Wildman–Crippen LogP) is 11.0. The molecule has 278 valence electrons. The van der Waals surface area contributed by atoms with Crippen molar-refractivity contribution >= 4 is 13.8 Å². The summed E-state index contributed by atoms with van der Waals surface area (Å²) in [5, 5.41) is 0. The Labute approximate surface area is 293 Å². The van der Waals surface area contributed by atoms with Gasteiger partial charge in [-0.1, -0.05) is 152 Å². The van der Waals surface area contributed by atoms with Crippen LogP contribution in [0, 0.1) is 0 Å². The fourth-order valence-corrected chi connectivity index (χ4v) is 5.62. The van der Waals surface area contributed by atoms with Crippen molar-refractivity contribution in [3.05, 3.63) is 60.9 Å². The molecule has 8 nitrogen and oxygen atoms in total. The maximum absolute atomic E-state index is 12.5. The van der Waals surface area contributed by atoms with Crippen molar-refractivity contribution in [3.63, 3.8) is 0 Å². The summed E-state index contributed by atoms with van der Waals surface area (Å²) in [7, 11) is -4.29. The number of rotatable bonds is 35. The highest BCUT2D eigenvalue weighted by atomic mass is 31.2. The average molecular weight is 696 g/mol. The Balaban J connectivity index is 4.21. The second kappa shape index (κ2) is 36.3. The Hall–Kier alpha value is -1.96. The number of esters is 1. The third-order valence-corrected chi connectivity index (χ3v) is 8.59. The molecule has 2 atom stereocenters. The van der Waals surface area contributed by atoms with E-state index < -0.39 is 13.9 Å². The molecule has 0 aromatic rings. The van der Waals surface area contributed by atoms with E-state index in [-0.39, 0.29) is 38.8 Å². The molecule has 0 saturated carbocycles. The molecule has 0 rings (SSSR count). The second-order valence-corrected chi connectivity index (χ2v) is 13.7. The molecule has 0 fully saturated rings. The maximum atomic E-state index is 12.5. The summed E-state index contributed by atoms with van der Waals surface area (Å²) >= 11 is 0. The minimum Gasteiger partial charge on any atom is -0.498 e. The zero-order valence-corrected chi connectivity index (χ0v) is 31.3. The van der Waals surface area contributed by atoms with E-state index in [1.54, 1.807) is 6.26 Å². The lowest BCUT2D eigenvalue weighted by molar-refractivity contribution is -0.153. The summed E-state index contributed by atoms with van der Waals surface area (Å²) in [6.07, 6.45) is 43.2. The molecule has 0 bridgehead atoms. The van der Waals surface area contributed by atoms with Crippen molar-refractivity contribution < 1.29 is 32.8 Å². The van der Waals surface area contributed by atoms with Gasteiger partial charge in [-0.05, 0) is 44.6 Å². The zero-order chi connectivity index (χ0) is 35.2. The van der Waals surface area contributed by atoms with E-state index in [0.29, 0.717) is 0 Å². The molecular weight excluding hydrogens is 625 g/mol. The Bertz CT molecular complexity index is 916. The number of allylic oxidation sites excluding steroid dienone is 9. The highest BCUT2D eigenvalue weighted by Gasteiger charge is 2.25. The third kappa shape index (κ3) is 35.3. The summed E-state index contributed by atoms with van der Waals surface area (Å²) < 4.78 is 33.0. The van der Waals surface area contributed by atoms with Crippen LogP contribution in [0.25, 0.3) is 0 Å². The summed E-state index contributed by atoms with van der Waals surface area (Å²) in [6.45, 7) is 4.05. The van der Waals surface area contributed by atoms with Gasteiger partial charge in [0.1, 0.15) is 6.61 Å².